The molecule has 1 heterocycles. The van der Waals surface area contributed by atoms with Gasteiger partial charge in [0.2, 0.25) is 0 Å². The number of aromatic nitrogens is 1. The van der Waals surface area contributed by atoms with Crippen LogP contribution in [0.4, 0.5) is 5.13 Å². The lowest BCUT2D eigenvalue weighted by Gasteiger charge is -2.24. The highest BCUT2D eigenvalue weighted by molar-refractivity contribution is 7.13. The third kappa shape index (κ3) is 2.23. The van der Waals surface area contributed by atoms with Gasteiger partial charge in [-0.3, -0.25) is 4.79 Å². The van der Waals surface area contributed by atoms with Crippen molar-refractivity contribution in [3.8, 4) is 0 Å². The monoisotopic (exact) mass is 255 g/mol. The summed E-state index contributed by atoms with van der Waals surface area (Å²) < 4.78 is 0. The average molecular weight is 255 g/mol. The number of rotatable bonds is 3. The minimum atomic E-state index is -1.13. The lowest BCUT2D eigenvalue weighted by Crippen LogP contribution is -2.52. The fraction of sp³-hybridized carbons (Fsp3) is 0.500. The summed E-state index contributed by atoms with van der Waals surface area (Å²) in [5.41, 5.74) is 4.48. The first-order valence-corrected chi connectivity index (χ1v) is 6.18. The summed E-state index contributed by atoms with van der Waals surface area (Å²) in [5, 5.41) is 13.6. The molecule has 1 aliphatic carbocycles. The molecule has 1 aliphatic rings. The van der Waals surface area contributed by atoms with Crippen molar-refractivity contribution in [2.45, 2.75) is 31.2 Å². The number of nitrogens with zero attached hydrogens (tertiary/aromatic N) is 1. The molecule has 1 aromatic rings. The lowest BCUT2D eigenvalue weighted by molar-refractivity contribution is -0.144. The molecule has 2 rings (SSSR count). The van der Waals surface area contributed by atoms with Crippen molar-refractivity contribution in [2.24, 2.45) is 0 Å². The third-order valence-corrected chi connectivity index (χ3v) is 3.65. The average Bonchev–Trinajstić information content (AvgIpc) is 2.87. The van der Waals surface area contributed by atoms with Crippen LogP contribution in [0.15, 0.2) is 5.38 Å². The van der Waals surface area contributed by atoms with E-state index in [0.717, 1.165) is 24.2 Å². The Morgan fingerprint density at radius 3 is 2.59 bits per heavy atom. The Labute approximate surface area is 102 Å². The lowest BCUT2D eigenvalue weighted by atomic mass is 9.98. The van der Waals surface area contributed by atoms with Gasteiger partial charge in [0, 0.05) is 5.38 Å². The van der Waals surface area contributed by atoms with Crippen LogP contribution in [0, 0.1) is 0 Å². The number of aliphatic carboxylic acids is 1. The largest absolute Gasteiger partial charge is 0.480 e. The van der Waals surface area contributed by atoms with Crippen LogP contribution in [0.2, 0.25) is 0 Å². The highest BCUT2D eigenvalue weighted by Crippen LogP contribution is 2.30. The number of carbonyl (C=O) groups is 2. The SMILES string of the molecule is Nc1nc(C(=O)NC2(C(=O)O)CCCC2)cs1. The first kappa shape index (κ1) is 11.8. The molecular weight excluding hydrogens is 242 g/mol. The van der Waals surface area contributed by atoms with Gasteiger partial charge < -0.3 is 16.2 Å². The predicted molar refractivity (Wildman–Crippen MR) is 62.8 cm³/mol. The van der Waals surface area contributed by atoms with E-state index in [0.29, 0.717) is 18.0 Å². The number of anilines is 1. The van der Waals surface area contributed by atoms with Crippen molar-refractivity contribution in [1.82, 2.24) is 10.3 Å². The van der Waals surface area contributed by atoms with E-state index < -0.39 is 17.4 Å². The van der Waals surface area contributed by atoms with Gasteiger partial charge in [-0.15, -0.1) is 11.3 Å². The predicted octanol–water partition coefficient (Wildman–Crippen LogP) is 0.852. The molecule has 0 radical (unpaired) electrons. The summed E-state index contributed by atoms with van der Waals surface area (Å²) in [5.74, 6) is -1.45. The third-order valence-electron chi connectivity index (χ3n) is 2.97. The summed E-state index contributed by atoms with van der Waals surface area (Å²) in [6.07, 6.45) is 2.55. The molecular formula is C10H13N3O3S. The summed E-state index contributed by atoms with van der Waals surface area (Å²) in [4.78, 5) is 26.9. The Bertz CT molecular complexity index is 451. The van der Waals surface area contributed by atoms with Gasteiger partial charge in [-0.25, -0.2) is 9.78 Å². The van der Waals surface area contributed by atoms with Crippen LogP contribution in [0.1, 0.15) is 36.2 Å². The van der Waals surface area contributed by atoms with E-state index >= 15 is 0 Å². The number of amides is 1. The number of nitrogens with one attached hydrogen (secondary N) is 1. The molecule has 1 saturated carbocycles. The molecule has 0 atom stereocenters. The zero-order valence-corrected chi connectivity index (χ0v) is 9.92. The first-order chi connectivity index (χ1) is 8.03. The van der Waals surface area contributed by atoms with E-state index in [9.17, 15) is 14.7 Å². The molecule has 0 spiro atoms. The zero-order chi connectivity index (χ0) is 12.5. The molecule has 92 valence electrons. The maximum Gasteiger partial charge on any atom is 0.329 e. The summed E-state index contributed by atoms with van der Waals surface area (Å²) >= 11 is 1.16. The number of carbonyl (C=O) groups excluding carboxylic acids is 1. The van der Waals surface area contributed by atoms with Crippen LogP contribution in [0.5, 0.6) is 0 Å². The minimum absolute atomic E-state index is 0.181. The smallest absolute Gasteiger partial charge is 0.329 e. The summed E-state index contributed by atoms with van der Waals surface area (Å²) in [6, 6.07) is 0. The molecule has 1 amide bonds. The van der Waals surface area contributed by atoms with Crippen molar-refractivity contribution in [3.63, 3.8) is 0 Å². The first-order valence-electron chi connectivity index (χ1n) is 5.30. The maximum absolute atomic E-state index is 11.8. The fourth-order valence-corrected chi connectivity index (χ4v) is 2.59. The van der Waals surface area contributed by atoms with Gasteiger partial charge in [-0.1, -0.05) is 12.8 Å². The van der Waals surface area contributed by atoms with Crippen LogP contribution in [-0.4, -0.2) is 27.5 Å². The van der Waals surface area contributed by atoms with Crippen LogP contribution in [-0.2, 0) is 4.79 Å². The number of hydrogen-bond acceptors (Lipinski definition) is 5. The molecule has 7 heteroatoms. The number of thiazole rings is 1. The molecule has 0 aromatic carbocycles. The maximum atomic E-state index is 11.8. The van der Waals surface area contributed by atoms with E-state index in [1.807, 2.05) is 0 Å². The molecule has 4 N–H and O–H groups in total. The Hall–Kier alpha value is -1.63. The van der Waals surface area contributed by atoms with E-state index in [-0.39, 0.29) is 5.69 Å². The van der Waals surface area contributed by atoms with Crippen LogP contribution in [0.25, 0.3) is 0 Å². The number of hydrogen-bond donors (Lipinski definition) is 3. The highest BCUT2D eigenvalue weighted by atomic mass is 32.1. The van der Waals surface area contributed by atoms with E-state index in [2.05, 4.69) is 10.3 Å². The Morgan fingerprint density at radius 1 is 1.47 bits per heavy atom. The van der Waals surface area contributed by atoms with E-state index in [4.69, 9.17) is 5.73 Å². The van der Waals surface area contributed by atoms with E-state index in [1.54, 1.807) is 0 Å². The molecule has 0 saturated heterocycles. The van der Waals surface area contributed by atoms with Gasteiger partial charge in [-0.05, 0) is 12.8 Å². The van der Waals surface area contributed by atoms with Crippen LogP contribution < -0.4 is 11.1 Å². The molecule has 0 unspecified atom stereocenters. The van der Waals surface area contributed by atoms with Gasteiger partial charge in [0.05, 0.1) is 0 Å². The van der Waals surface area contributed by atoms with Crippen molar-refractivity contribution < 1.29 is 14.7 Å². The zero-order valence-electron chi connectivity index (χ0n) is 9.10. The Kier molecular flexibility index (Phi) is 3.01. The Morgan fingerprint density at radius 2 is 2.12 bits per heavy atom. The van der Waals surface area contributed by atoms with Crippen molar-refractivity contribution in [1.29, 1.82) is 0 Å². The fourth-order valence-electron chi connectivity index (χ4n) is 2.04. The molecule has 6 nitrogen and oxygen atoms in total. The van der Waals surface area contributed by atoms with Crippen molar-refractivity contribution >= 4 is 28.3 Å². The second-order valence-electron chi connectivity index (χ2n) is 4.12. The quantitative estimate of drug-likeness (QED) is 0.742. The Balaban J connectivity index is 2.14. The van der Waals surface area contributed by atoms with Crippen molar-refractivity contribution in [2.75, 3.05) is 5.73 Å². The molecule has 0 bridgehead atoms. The normalized spacial score (nSPS) is 17.9. The standard InChI is InChI=1S/C10H13N3O3S/c11-9-12-6(5-17-9)7(14)13-10(8(15)16)3-1-2-4-10/h5H,1-4H2,(H2,11,12)(H,13,14)(H,15,16). The second-order valence-corrected chi connectivity index (χ2v) is 5.01. The number of nitrogen functional groups attached to an aromatic ring is 1. The molecule has 1 aromatic heterocycles. The highest BCUT2D eigenvalue weighted by Gasteiger charge is 2.42. The van der Waals surface area contributed by atoms with Crippen molar-refractivity contribution in [3.05, 3.63) is 11.1 Å². The summed E-state index contributed by atoms with van der Waals surface area (Å²) in [6.45, 7) is 0. The molecule has 0 aliphatic heterocycles. The number of carboxylic acid groups (broad SMARTS) is 1. The van der Waals surface area contributed by atoms with Gasteiger partial charge in [0.25, 0.3) is 5.91 Å². The van der Waals surface area contributed by atoms with Gasteiger partial charge >= 0.3 is 5.97 Å². The number of carboxylic acids is 1. The minimum Gasteiger partial charge on any atom is -0.480 e. The van der Waals surface area contributed by atoms with Gasteiger partial charge in [-0.2, -0.15) is 0 Å². The van der Waals surface area contributed by atoms with Crippen LogP contribution in [0.3, 0.4) is 0 Å². The summed E-state index contributed by atoms with van der Waals surface area (Å²) in [7, 11) is 0. The van der Waals surface area contributed by atoms with Gasteiger partial charge in [0.1, 0.15) is 11.2 Å². The van der Waals surface area contributed by atoms with Gasteiger partial charge in [0.15, 0.2) is 5.13 Å². The van der Waals surface area contributed by atoms with E-state index in [1.165, 1.54) is 5.38 Å². The second kappa shape index (κ2) is 4.33. The molecule has 1 fully saturated rings. The number of nitrogens with two attached hydrogens (primary N) is 1. The van der Waals surface area contributed by atoms with Crippen LogP contribution >= 0.6 is 11.3 Å². The molecule has 17 heavy (non-hydrogen) atoms. The topological polar surface area (TPSA) is 105 Å².